The fourth-order valence-electron chi connectivity index (χ4n) is 3.74. The van der Waals surface area contributed by atoms with Crippen molar-refractivity contribution in [2.45, 2.75) is 44.9 Å². The highest BCUT2D eigenvalue weighted by atomic mass is 35.5. The largest absolute Gasteiger partial charge is 0.495 e. The molecule has 3 rings (SSSR count). The molecule has 110 valence electrons. The van der Waals surface area contributed by atoms with Gasteiger partial charge in [0.05, 0.1) is 12.1 Å². The Morgan fingerprint density at radius 1 is 1.25 bits per heavy atom. The van der Waals surface area contributed by atoms with Crippen molar-refractivity contribution in [3.63, 3.8) is 0 Å². The van der Waals surface area contributed by atoms with Crippen LogP contribution in [0, 0.1) is 5.92 Å². The Balaban J connectivity index is 1.95. The van der Waals surface area contributed by atoms with Crippen molar-refractivity contribution >= 4 is 11.6 Å². The number of ether oxygens (including phenoxy) is 1. The van der Waals surface area contributed by atoms with Gasteiger partial charge >= 0.3 is 0 Å². The van der Waals surface area contributed by atoms with Crippen LogP contribution in [0.5, 0.6) is 5.75 Å². The number of hydrogen-bond donors (Lipinski definition) is 1. The topological polar surface area (TPSA) is 21.3 Å². The van der Waals surface area contributed by atoms with Gasteiger partial charge in [-0.25, -0.2) is 0 Å². The van der Waals surface area contributed by atoms with E-state index in [1.165, 1.54) is 55.2 Å². The number of aryl methyl sites for hydroxylation is 1. The lowest BCUT2D eigenvalue weighted by Crippen LogP contribution is -2.29. The minimum Gasteiger partial charge on any atom is -0.495 e. The van der Waals surface area contributed by atoms with Crippen molar-refractivity contribution in [1.82, 2.24) is 5.32 Å². The molecule has 0 aromatic heterocycles. The molecule has 1 saturated heterocycles. The van der Waals surface area contributed by atoms with E-state index in [4.69, 9.17) is 16.3 Å². The molecule has 0 amide bonds. The van der Waals surface area contributed by atoms with Crippen LogP contribution in [0.3, 0.4) is 0 Å². The van der Waals surface area contributed by atoms with Crippen LogP contribution in [0.1, 0.15) is 42.4 Å². The first kappa shape index (κ1) is 14.2. The van der Waals surface area contributed by atoms with Crippen molar-refractivity contribution in [3.05, 3.63) is 27.8 Å². The van der Waals surface area contributed by atoms with Crippen LogP contribution in [0.2, 0.25) is 5.02 Å². The number of hydrogen-bond acceptors (Lipinski definition) is 2. The molecule has 1 aromatic rings. The van der Waals surface area contributed by atoms with Crippen LogP contribution >= 0.6 is 11.6 Å². The van der Waals surface area contributed by atoms with Crippen molar-refractivity contribution in [2.75, 3.05) is 20.2 Å². The van der Waals surface area contributed by atoms with Gasteiger partial charge < -0.3 is 10.1 Å². The van der Waals surface area contributed by atoms with E-state index in [-0.39, 0.29) is 0 Å². The predicted octanol–water partition coefficient (Wildman–Crippen LogP) is 3.77. The third-order valence-electron chi connectivity index (χ3n) is 4.82. The number of rotatable bonds is 3. The molecule has 3 heteroatoms. The third-order valence-corrected chi connectivity index (χ3v) is 5.10. The Labute approximate surface area is 126 Å². The van der Waals surface area contributed by atoms with Gasteiger partial charge in [0.1, 0.15) is 5.75 Å². The Morgan fingerprint density at radius 3 is 2.75 bits per heavy atom. The van der Waals surface area contributed by atoms with Gasteiger partial charge in [0.2, 0.25) is 0 Å². The maximum atomic E-state index is 6.45. The summed E-state index contributed by atoms with van der Waals surface area (Å²) in [5.41, 5.74) is 4.41. The summed E-state index contributed by atoms with van der Waals surface area (Å²) >= 11 is 6.45. The van der Waals surface area contributed by atoms with Gasteiger partial charge in [0, 0.05) is 0 Å². The summed E-state index contributed by atoms with van der Waals surface area (Å²) in [6.07, 6.45) is 8.64. The molecule has 2 nitrogen and oxygen atoms in total. The Morgan fingerprint density at radius 2 is 2.00 bits per heavy atom. The van der Waals surface area contributed by atoms with Gasteiger partial charge in [0.15, 0.2) is 0 Å². The molecule has 0 spiro atoms. The number of piperidine rings is 1. The summed E-state index contributed by atoms with van der Waals surface area (Å²) in [4.78, 5) is 0. The molecule has 1 aliphatic carbocycles. The highest BCUT2D eigenvalue weighted by molar-refractivity contribution is 6.32. The van der Waals surface area contributed by atoms with E-state index in [9.17, 15) is 0 Å². The number of nitrogens with one attached hydrogen (secondary N) is 1. The van der Waals surface area contributed by atoms with E-state index in [2.05, 4.69) is 11.4 Å². The van der Waals surface area contributed by atoms with Crippen LogP contribution in [-0.2, 0) is 19.3 Å². The van der Waals surface area contributed by atoms with Crippen molar-refractivity contribution in [3.8, 4) is 5.75 Å². The lowest BCUT2D eigenvalue weighted by Gasteiger charge is -2.27. The second kappa shape index (κ2) is 6.36. The Bertz CT molecular complexity index is 480. The number of benzene rings is 1. The molecule has 0 saturated carbocycles. The summed E-state index contributed by atoms with van der Waals surface area (Å²) in [6.45, 7) is 2.30. The van der Waals surface area contributed by atoms with E-state index in [1.807, 2.05) is 0 Å². The standard InChI is InChI=1S/C17H24ClNO/c1-20-17-15(10-12-6-8-19-9-7-12)14-5-3-2-4-13(14)11-16(17)18/h11-12,19H,2-10H2,1H3. The lowest BCUT2D eigenvalue weighted by molar-refractivity contribution is 0.359. The molecule has 1 N–H and O–H groups in total. The molecule has 1 aliphatic heterocycles. The zero-order chi connectivity index (χ0) is 13.9. The number of methoxy groups -OCH3 is 1. The summed E-state index contributed by atoms with van der Waals surface area (Å²) in [6, 6.07) is 2.14. The Hall–Kier alpha value is -0.730. The Kier molecular flexibility index (Phi) is 4.52. The van der Waals surface area contributed by atoms with Crippen molar-refractivity contribution in [2.24, 2.45) is 5.92 Å². The number of fused-ring (bicyclic) bond motifs is 1. The van der Waals surface area contributed by atoms with Gasteiger partial charge in [-0.1, -0.05) is 11.6 Å². The monoisotopic (exact) mass is 293 g/mol. The highest BCUT2D eigenvalue weighted by Gasteiger charge is 2.23. The average molecular weight is 294 g/mol. The number of halogens is 1. The highest BCUT2D eigenvalue weighted by Crippen LogP contribution is 2.39. The first-order valence-corrected chi connectivity index (χ1v) is 8.25. The second-order valence-corrected chi connectivity index (χ2v) is 6.52. The van der Waals surface area contributed by atoms with Gasteiger partial charge in [0.25, 0.3) is 0 Å². The smallest absolute Gasteiger partial charge is 0.140 e. The quantitative estimate of drug-likeness (QED) is 0.916. The summed E-state index contributed by atoms with van der Waals surface area (Å²) in [7, 11) is 1.75. The SMILES string of the molecule is COc1c(Cl)cc2c(c1CC1CCNCC1)CCCC2. The maximum absolute atomic E-state index is 6.45. The second-order valence-electron chi connectivity index (χ2n) is 6.11. The van der Waals surface area contributed by atoms with Crippen LogP contribution in [0.25, 0.3) is 0 Å². The summed E-state index contributed by atoms with van der Waals surface area (Å²) in [5.74, 6) is 1.71. The molecule has 0 atom stereocenters. The lowest BCUT2D eigenvalue weighted by atomic mass is 9.82. The van der Waals surface area contributed by atoms with Gasteiger partial charge in [-0.15, -0.1) is 0 Å². The normalized spacial score (nSPS) is 19.7. The molecule has 1 heterocycles. The van der Waals surface area contributed by atoms with E-state index in [0.717, 1.165) is 36.2 Å². The molecule has 0 radical (unpaired) electrons. The van der Waals surface area contributed by atoms with Gasteiger partial charge in [-0.3, -0.25) is 0 Å². The van der Waals surface area contributed by atoms with Crippen molar-refractivity contribution < 1.29 is 4.74 Å². The van der Waals surface area contributed by atoms with E-state index >= 15 is 0 Å². The van der Waals surface area contributed by atoms with Crippen LogP contribution in [0.4, 0.5) is 0 Å². The fourth-order valence-corrected chi connectivity index (χ4v) is 4.07. The average Bonchev–Trinajstić information content (AvgIpc) is 2.48. The van der Waals surface area contributed by atoms with E-state index in [0.29, 0.717) is 0 Å². The predicted molar refractivity (Wildman–Crippen MR) is 83.9 cm³/mol. The van der Waals surface area contributed by atoms with Crippen LogP contribution in [0.15, 0.2) is 6.07 Å². The molecule has 1 aromatic carbocycles. The van der Waals surface area contributed by atoms with Gasteiger partial charge in [-0.2, -0.15) is 0 Å². The zero-order valence-electron chi connectivity index (χ0n) is 12.3. The van der Waals surface area contributed by atoms with Crippen molar-refractivity contribution in [1.29, 1.82) is 0 Å². The molecule has 0 unspecified atom stereocenters. The summed E-state index contributed by atoms with van der Waals surface area (Å²) < 4.78 is 5.64. The van der Waals surface area contributed by atoms with E-state index < -0.39 is 0 Å². The van der Waals surface area contributed by atoms with Gasteiger partial charge in [-0.05, 0) is 86.7 Å². The first-order valence-electron chi connectivity index (χ1n) is 7.87. The summed E-state index contributed by atoms with van der Waals surface area (Å²) in [5, 5.41) is 4.25. The van der Waals surface area contributed by atoms with Crippen LogP contribution < -0.4 is 10.1 Å². The first-order chi connectivity index (χ1) is 9.79. The molecule has 2 aliphatic rings. The van der Waals surface area contributed by atoms with Crippen LogP contribution in [-0.4, -0.2) is 20.2 Å². The molecule has 20 heavy (non-hydrogen) atoms. The molecular formula is C17H24ClNO. The fraction of sp³-hybridized carbons (Fsp3) is 0.647. The third kappa shape index (κ3) is 2.82. The minimum atomic E-state index is 0.773. The van der Waals surface area contributed by atoms with E-state index in [1.54, 1.807) is 7.11 Å². The maximum Gasteiger partial charge on any atom is 0.140 e. The zero-order valence-corrected chi connectivity index (χ0v) is 13.1. The molecular weight excluding hydrogens is 270 g/mol. The minimum absolute atomic E-state index is 0.773. The molecule has 0 bridgehead atoms. The molecule has 1 fully saturated rings.